The fourth-order valence-electron chi connectivity index (χ4n) is 27.4. The second-order valence-corrected chi connectivity index (χ2v) is 39.8. The summed E-state index contributed by atoms with van der Waals surface area (Å²) in [5.41, 5.74) is 17.4. The fourth-order valence-corrected chi connectivity index (χ4v) is 27.4. The molecule has 20 rings (SSSR count). The minimum absolute atomic E-state index is 0.000347. The number of aliphatic hydroxyl groups is 8. The highest BCUT2D eigenvalue weighted by atomic mass is 16.8. The summed E-state index contributed by atoms with van der Waals surface area (Å²) in [6.07, 6.45) is 18.5. The minimum Gasteiger partial charge on any atom is -0.399 e. The van der Waals surface area contributed by atoms with E-state index in [4.69, 9.17) is 30.4 Å². The van der Waals surface area contributed by atoms with Crippen molar-refractivity contribution in [2.45, 2.75) is 198 Å². The Labute approximate surface area is 740 Å². The number of aldehydes is 1. The quantitative estimate of drug-likeness (QED) is 0.0335. The standard InChI is InChI=1S/2C34H38N2O6.C21H28O6.C15H14O/c2*1-32-13-12-24(38)14-20(32)8-11-25-26-16-29-34(28(40)18-37,33(26,2)17-27(39)30(25)32)42-31(41-29)19-6-9-22(10-7-19)36-23-5-3-4-21(35)15-23;1-19-6-5-12(23)7-11(19)3-4-13-14-8-16(25)21(27,17(26)10-22)20(14,2)9-15(24)18(13)19;1-12-3-2-4-15(9-12)10-13-5-7-14(11-16)8-6-13/h2*3-7,9-10,12-15,25-27,29-31,36-37,39H,8,11,16-18,35H2,1-2H3;5-7,13-16,18,22,24-25,27H,3-4,8-10H2,1-2H3;2-9,11H,10H2,1H3/t25-,26-,27-,29+,30+,31+,32-,33-,34+;25-,26-,27-,29+,30+,31-,32-,33-,34+;13-,14-,15-,16+,18+,19-,20-,21-;/m000./s1. The molecule has 2 saturated heterocycles. The molecule has 668 valence electrons. The largest absolute Gasteiger partial charge is 0.399 e. The Morgan fingerprint density at radius 3 is 1.23 bits per heavy atom. The highest BCUT2D eigenvalue weighted by Crippen LogP contribution is 2.74. The first-order valence-electron chi connectivity index (χ1n) is 45.0. The van der Waals surface area contributed by atoms with E-state index in [1.807, 2.05) is 160 Å². The first-order chi connectivity index (χ1) is 60.5. The third-order valence-electron chi connectivity index (χ3n) is 33.2. The number of nitrogen functional groups attached to an aromatic ring is 2. The number of nitrogens with one attached hydrogen (secondary N) is 2. The summed E-state index contributed by atoms with van der Waals surface area (Å²) in [7, 11) is 0. The van der Waals surface area contributed by atoms with Crippen molar-refractivity contribution in [2.24, 2.45) is 85.8 Å². The van der Waals surface area contributed by atoms with Gasteiger partial charge in [0.25, 0.3) is 0 Å². The number of aliphatic hydroxyl groups excluding tert-OH is 7. The van der Waals surface area contributed by atoms with Gasteiger partial charge in [-0.25, -0.2) is 0 Å². The SMILES string of the molecule is C[C@]12C=CC(=O)C=C1CC[C@@H]1[C@@H]2[C@@H](O)C[C@@]2(C)[C@H]1C[C@@H](O)[C@]2(O)C(=O)CO.C[C@]12C=CC(=O)C=C1CC[C@@H]1[C@@H]2[C@@H](O)C[C@@]2(C)[C@H]1C[C@H]1O[C@@H](c3ccc(Nc4cccc(N)c4)cc3)O[C@]12C(=O)CO.C[C@]12C=CC(=O)C=C1CC[C@@H]1[C@@H]2[C@@H](O)C[C@@]2(C)[C@H]1C[C@H]1O[C@H](c3ccc(Nc4cccc(N)c4)cc3)O[C@]12C(=O)CO.Cc1cccc(Cc2ccc(C=O)cc2)c1. The number of aryl methyl sites for hydroxylation is 1. The van der Waals surface area contributed by atoms with Crippen molar-refractivity contribution in [2.75, 3.05) is 41.9 Å². The molecule has 6 aromatic carbocycles. The van der Waals surface area contributed by atoms with Crippen LogP contribution in [0.15, 0.2) is 217 Å². The number of anilines is 6. The summed E-state index contributed by atoms with van der Waals surface area (Å²) in [6.45, 7) is 12.1. The van der Waals surface area contributed by atoms with E-state index in [1.54, 1.807) is 43.4 Å². The van der Waals surface area contributed by atoms with Crippen molar-refractivity contribution in [1.82, 2.24) is 0 Å². The van der Waals surface area contributed by atoms with Crippen LogP contribution in [0.4, 0.5) is 34.1 Å². The molecule has 11 fully saturated rings. The lowest BCUT2D eigenvalue weighted by atomic mass is 9.46. The van der Waals surface area contributed by atoms with Gasteiger partial charge in [0.1, 0.15) is 26.1 Å². The molecule has 14 N–H and O–H groups in total. The Morgan fingerprint density at radius 1 is 0.465 bits per heavy atom. The van der Waals surface area contributed by atoms with Gasteiger partial charge < -0.3 is 81.9 Å². The zero-order valence-electron chi connectivity index (χ0n) is 73.0. The molecule has 23 nitrogen and oxygen atoms in total. The van der Waals surface area contributed by atoms with Gasteiger partial charge in [0, 0.05) is 101 Å². The molecular weight excluding hydrogens is 1610 g/mol. The summed E-state index contributed by atoms with van der Waals surface area (Å²) >= 11 is 0. The van der Waals surface area contributed by atoms with Gasteiger partial charge in [-0.1, -0.05) is 167 Å². The van der Waals surface area contributed by atoms with Crippen LogP contribution >= 0.6 is 0 Å². The Kier molecular flexibility index (Phi) is 23.6. The van der Waals surface area contributed by atoms with Crippen LogP contribution in [0.5, 0.6) is 0 Å². The number of rotatable bonds is 15. The zero-order valence-corrected chi connectivity index (χ0v) is 73.0. The van der Waals surface area contributed by atoms with Crippen molar-refractivity contribution in [1.29, 1.82) is 0 Å². The van der Waals surface area contributed by atoms with E-state index in [9.17, 15) is 74.4 Å². The number of nitrogens with two attached hydrogens (primary N) is 2. The molecule has 9 saturated carbocycles. The molecule has 0 radical (unpaired) electrons. The zero-order chi connectivity index (χ0) is 90.0. The number of carbonyl (C=O) groups is 7. The van der Waals surface area contributed by atoms with Crippen LogP contribution in [0.2, 0.25) is 0 Å². The number of benzene rings is 6. The topological polar surface area (TPSA) is 394 Å². The van der Waals surface area contributed by atoms with Crippen LogP contribution in [0, 0.1) is 92.7 Å². The van der Waals surface area contributed by atoms with Gasteiger partial charge in [0.2, 0.25) is 0 Å². The molecule has 2 heterocycles. The van der Waals surface area contributed by atoms with Crippen molar-refractivity contribution < 1.29 is 93.4 Å². The average molecular weight is 1730 g/mol. The van der Waals surface area contributed by atoms with E-state index < -0.39 is 136 Å². The van der Waals surface area contributed by atoms with Crippen molar-refractivity contribution in [3.8, 4) is 0 Å². The lowest BCUT2D eigenvalue weighted by Gasteiger charge is -2.59. The normalized spacial score (nSPS) is 38.6. The van der Waals surface area contributed by atoms with Crippen LogP contribution in [-0.4, -0.2) is 155 Å². The van der Waals surface area contributed by atoms with Gasteiger partial charge in [-0.05, 0) is 234 Å². The van der Waals surface area contributed by atoms with Crippen molar-refractivity contribution >= 4 is 75.1 Å². The molecule has 26 atom stereocenters. The molecular formula is C104H118N4O19. The number of ether oxygens (including phenoxy) is 4. The Bertz CT molecular complexity index is 5300. The van der Waals surface area contributed by atoms with Gasteiger partial charge in [0.15, 0.2) is 64.1 Å². The molecule has 0 amide bonds. The van der Waals surface area contributed by atoms with Crippen LogP contribution in [0.1, 0.15) is 169 Å². The number of hydrogen-bond donors (Lipinski definition) is 12. The van der Waals surface area contributed by atoms with E-state index in [0.29, 0.717) is 37.1 Å². The minimum atomic E-state index is -2.05. The predicted molar refractivity (Wildman–Crippen MR) is 477 cm³/mol. The van der Waals surface area contributed by atoms with Gasteiger partial charge >= 0.3 is 0 Å². The van der Waals surface area contributed by atoms with Crippen LogP contribution in [0.25, 0.3) is 0 Å². The van der Waals surface area contributed by atoms with Crippen molar-refractivity contribution in [3.63, 3.8) is 0 Å². The van der Waals surface area contributed by atoms with Gasteiger partial charge in [-0.15, -0.1) is 0 Å². The van der Waals surface area contributed by atoms with Crippen LogP contribution < -0.4 is 22.1 Å². The first-order valence-corrected chi connectivity index (χ1v) is 45.0. The third-order valence-corrected chi connectivity index (χ3v) is 33.2. The summed E-state index contributed by atoms with van der Waals surface area (Å²) in [5, 5.41) is 93.0. The molecule has 23 heteroatoms. The molecule has 0 bridgehead atoms. The Hall–Kier alpha value is -9.83. The molecule has 0 aromatic heterocycles. The molecule has 12 aliphatic carbocycles. The lowest BCUT2D eigenvalue weighted by molar-refractivity contribution is -0.201. The number of Topliss-reactive ketones (excluding diaryl/α,β-unsaturated/α-hetero) is 3. The molecule has 0 spiro atoms. The lowest BCUT2D eigenvalue weighted by Crippen LogP contribution is -2.63. The monoisotopic (exact) mass is 1730 g/mol. The molecule has 127 heavy (non-hydrogen) atoms. The average Bonchev–Trinajstić information content (AvgIpc) is 1.53. The van der Waals surface area contributed by atoms with E-state index >= 15 is 0 Å². The Balaban J connectivity index is 0.000000126. The highest BCUT2D eigenvalue weighted by Gasteiger charge is 2.79. The summed E-state index contributed by atoms with van der Waals surface area (Å²) in [5.74, 6) is -1.67. The first kappa shape index (κ1) is 89.2. The maximum Gasteiger partial charge on any atom is 0.193 e. The van der Waals surface area contributed by atoms with E-state index in [2.05, 4.69) is 55.7 Å². The second-order valence-electron chi connectivity index (χ2n) is 39.8. The molecule has 0 unspecified atom stereocenters. The Morgan fingerprint density at radius 2 is 0.850 bits per heavy atom. The fraction of sp³-hybridized carbons (Fsp3) is 0.471. The summed E-state index contributed by atoms with van der Waals surface area (Å²) < 4.78 is 26.5. The van der Waals surface area contributed by atoms with Crippen LogP contribution in [-0.2, 0) is 54.1 Å². The van der Waals surface area contributed by atoms with Gasteiger partial charge in [-0.2, -0.15) is 0 Å². The molecule has 6 aromatic rings. The van der Waals surface area contributed by atoms with E-state index in [0.717, 1.165) is 107 Å². The highest BCUT2D eigenvalue weighted by molar-refractivity contribution is 6.02. The van der Waals surface area contributed by atoms with Crippen molar-refractivity contribution in [3.05, 3.63) is 250 Å². The third kappa shape index (κ3) is 14.7. The number of ketones is 6. The summed E-state index contributed by atoms with van der Waals surface area (Å²) in [6, 6.07) is 46.6. The molecule has 14 aliphatic rings. The number of hydrogen-bond acceptors (Lipinski definition) is 23. The number of allylic oxidation sites excluding steroid dienone is 12. The van der Waals surface area contributed by atoms with Gasteiger partial charge in [-0.3, -0.25) is 33.6 Å². The maximum atomic E-state index is 13.7. The van der Waals surface area contributed by atoms with E-state index in [1.165, 1.54) is 16.7 Å². The van der Waals surface area contributed by atoms with E-state index in [-0.39, 0.29) is 83.5 Å². The number of fused-ring (bicyclic) bond motifs is 19. The molecule has 2 aliphatic heterocycles. The summed E-state index contributed by atoms with van der Waals surface area (Å²) in [4.78, 5) is 86.5. The van der Waals surface area contributed by atoms with Crippen LogP contribution in [0.3, 0.4) is 0 Å². The predicted octanol–water partition coefficient (Wildman–Crippen LogP) is 13.2. The smallest absolute Gasteiger partial charge is 0.193 e. The maximum absolute atomic E-state index is 13.7. The number of carbonyl (C=O) groups excluding carboxylic acids is 7. The van der Waals surface area contributed by atoms with Gasteiger partial charge in [0.05, 0.1) is 36.6 Å². The second kappa shape index (κ2) is 33.6.